The van der Waals surface area contributed by atoms with Crippen LogP contribution in [0.25, 0.3) is 21.5 Å². The molecule has 0 aliphatic rings. The molecule has 0 spiro atoms. The predicted octanol–water partition coefficient (Wildman–Crippen LogP) is 4.23. The Bertz CT molecular complexity index is 899. The molecule has 0 amide bonds. The first-order valence-electron chi connectivity index (χ1n) is 5.83. The molecule has 0 aliphatic heterocycles. The second-order valence-corrected chi connectivity index (χ2v) is 7.14. The Morgan fingerprint density at radius 2 is 1.37 bits per heavy atom. The fraction of sp³-hybridized carbons (Fsp3) is 0.0667. The first kappa shape index (κ1) is 12.5. The van der Waals surface area contributed by atoms with Crippen molar-refractivity contribution in [2.45, 2.75) is 11.8 Å². The lowest BCUT2D eigenvalue weighted by Gasteiger charge is -2.07. The van der Waals surface area contributed by atoms with Gasteiger partial charge in [0.2, 0.25) is 0 Å². The van der Waals surface area contributed by atoms with Crippen LogP contribution in [0.3, 0.4) is 0 Å². The van der Waals surface area contributed by atoms with Crippen molar-refractivity contribution < 1.29 is 8.42 Å². The van der Waals surface area contributed by atoms with Crippen LogP contribution in [0.1, 0.15) is 5.56 Å². The lowest BCUT2D eigenvalue weighted by Crippen LogP contribution is -1.94. The quantitative estimate of drug-likeness (QED) is 0.496. The van der Waals surface area contributed by atoms with Crippen LogP contribution in [0.15, 0.2) is 53.4 Å². The number of aryl methyl sites for hydroxylation is 1. The number of halogens is 1. The van der Waals surface area contributed by atoms with E-state index in [1.54, 1.807) is 13.0 Å². The predicted molar refractivity (Wildman–Crippen MR) is 79.2 cm³/mol. The molecule has 3 aromatic rings. The number of hydrogen-bond donors (Lipinski definition) is 0. The highest BCUT2D eigenvalue weighted by Gasteiger charge is 2.14. The summed E-state index contributed by atoms with van der Waals surface area (Å²) in [6, 6.07) is 15.5. The van der Waals surface area contributed by atoms with Crippen LogP contribution in [0, 0.1) is 6.92 Å². The number of rotatable bonds is 1. The summed E-state index contributed by atoms with van der Waals surface area (Å²) in [6.45, 7) is 1.75. The molecule has 0 aliphatic carbocycles. The zero-order valence-corrected chi connectivity index (χ0v) is 11.8. The van der Waals surface area contributed by atoms with E-state index in [9.17, 15) is 8.42 Å². The van der Waals surface area contributed by atoms with Gasteiger partial charge in [-0.1, -0.05) is 30.3 Å². The second kappa shape index (κ2) is 4.22. The van der Waals surface area contributed by atoms with Gasteiger partial charge in [0.1, 0.15) is 0 Å². The van der Waals surface area contributed by atoms with E-state index in [4.69, 9.17) is 10.7 Å². The summed E-state index contributed by atoms with van der Waals surface area (Å²) in [5, 5.41) is 4.11. The maximum Gasteiger partial charge on any atom is 0.261 e. The Labute approximate surface area is 116 Å². The fourth-order valence-electron chi connectivity index (χ4n) is 2.35. The van der Waals surface area contributed by atoms with Gasteiger partial charge in [0, 0.05) is 10.7 Å². The number of fused-ring (bicyclic) bond motifs is 2. The van der Waals surface area contributed by atoms with Gasteiger partial charge in [-0.05, 0) is 52.2 Å². The summed E-state index contributed by atoms with van der Waals surface area (Å²) in [6.07, 6.45) is 0. The summed E-state index contributed by atoms with van der Waals surface area (Å²) >= 11 is 0. The molecular formula is C15H11ClO2S. The van der Waals surface area contributed by atoms with Gasteiger partial charge in [-0.3, -0.25) is 0 Å². The SMILES string of the molecule is Cc1cc2cc3ccccc3cc2cc1S(=O)(=O)Cl. The molecule has 0 heterocycles. The highest BCUT2D eigenvalue weighted by molar-refractivity contribution is 8.13. The van der Waals surface area contributed by atoms with Gasteiger partial charge in [0.25, 0.3) is 9.05 Å². The first-order chi connectivity index (χ1) is 8.95. The topological polar surface area (TPSA) is 34.1 Å². The van der Waals surface area contributed by atoms with E-state index < -0.39 is 9.05 Å². The molecule has 0 N–H and O–H groups in total. The van der Waals surface area contributed by atoms with Crippen LogP contribution >= 0.6 is 10.7 Å². The molecule has 3 rings (SSSR count). The Hall–Kier alpha value is -1.58. The van der Waals surface area contributed by atoms with Crippen LogP contribution in [-0.4, -0.2) is 8.42 Å². The van der Waals surface area contributed by atoms with Crippen LogP contribution in [0.4, 0.5) is 0 Å². The average Bonchev–Trinajstić information content (AvgIpc) is 2.34. The second-order valence-electron chi connectivity index (χ2n) is 4.60. The monoisotopic (exact) mass is 290 g/mol. The van der Waals surface area contributed by atoms with Crippen LogP contribution in [0.5, 0.6) is 0 Å². The molecule has 0 bridgehead atoms. The van der Waals surface area contributed by atoms with Gasteiger partial charge in [-0.2, -0.15) is 0 Å². The van der Waals surface area contributed by atoms with Crippen molar-refractivity contribution in [3.8, 4) is 0 Å². The molecule has 0 radical (unpaired) electrons. The van der Waals surface area contributed by atoms with Gasteiger partial charge in [0.05, 0.1) is 4.90 Å². The molecule has 0 aromatic heterocycles. The van der Waals surface area contributed by atoms with E-state index in [1.807, 2.05) is 36.4 Å². The van der Waals surface area contributed by atoms with Crippen molar-refractivity contribution in [3.63, 3.8) is 0 Å². The smallest absolute Gasteiger partial charge is 0.207 e. The minimum absolute atomic E-state index is 0.178. The van der Waals surface area contributed by atoms with Crippen molar-refractivity contribution in [3.05, 3.63) is 54.1 Å². The molecule has 0 saturated carbocycles. The third kappa shape index (κ3) is 2.20. The lowest BCUT2D eigenvalue weighted by molar-refractivity contribution is 0.609. The van der Waals surface area contributed by atoms with Crippen molar-refractivity contribution in [1.29, 1.82) is 0 Å². The molecule has 96 valence electrons. The van der Waals surface area contributed by atoms with Gasteiger partial charge >= 0.3 is 0 Å². The van der Waals surface area contributed by atoms with Crippen molar-refractivity contribution in [2.24, 2.45) is 0 Å². The third-order valence-corrected chi connectivity index (χ3v) is 4.73. The molecule has 0 fully saturated rings. The molecular weight excluding hydrogens is 280 g/mol. The maximum atomic E-state index is 11.5. The largest absolute Gasteiger partial charge is 0.261 e. The fourth-order valence-corrected chi connectivity index (χ4v) is 3.56. The van der Waals surface area contributed by atoms with E-state index in [-0.39, 0.29) is 4.90 Å². The minimum atomic E-state index is -3.71. The normalized spacial score (nSPS) is 12.1. The third-order valence-electron chi connectivity index (χ3n) is 3.26. The zero-order chi connectivity index (χ0) is 13.6. The Morgan fingerprint density at radius 3 is 1.89 bits per heavy atom. The van der Waals surface area contributed by atoms with E-state index in [0.717, 1.165) is 21.5 Å². The number of hydrogen-bond acceptors (Lipinski definition) is 2. The first-order valence-corrected chi connectivity index (χ1v) is 8.14. The Morgan fingerprint density at radius 1 is 0.842 bits per heavy atom. The summed E-state index contributed by atoms with van der Waals surface area (Å²) in [5.74, 6) is 0. The van der Waals surface area contributed by atoms with E-state index in [0.29, 0.717) is 5.56 Å². The maximum absolute atomic E-state index is 11.5. The Balaban J connectivity index is 2.43. The summed E-state index contributed by atoms with van der Waals surface area (Å²) in [5.41, 5.74) is 0.665. The molecule has 0 saturated heterocycles. The van der Waals surface area contributed by atoms with Gasteiger partial charge in [-0.15, -0.1) is 0 Å². The molecule has 4 heteroatoms. The highest BCUT2D eigenvalue weighted by Crippen LogP contribution is 2.29. The van der Waals surface area contributed by atoms with Gasteiger partial charge < -0.3 is 0 Å². The minimum Gasteiger partial charge on any atom is -0.207 e. The van der Waals surface area contributed by atoms with Crippen LogP contribution in [-0.2, 0) is 9.05 Å². The Kier molecular flexibility index (Phi) is 2.77. The molecule has 19 heavy (non-hydrogen) atoms. The summed E-state index contributed by atoms with van der Waals surface area (Å²) < 4.78 is 23.1. The molecule has 0 atom stereocenters. The summed E-state index contributed by atoms with van der Waals surface area (Å²) in [7, 11) is 1.75. The summed E-state index contributed by atoms with van der Waals surface area (Å²) in [4.78, 5) is 0.178. The highest BCUT2D eigenvalue weighted by atomic mass is 35.7. The van der Waals surface area contributed by atoms with E-state index >= 15 is 0 Å². The van der Waals surface area contributed by atoms with Crippen LogP contribution in [0.2, 0.25) is 0 Å². The molecule has 2 nitrogen and oxygen atoms in total. The van der Waals surface area contributed by atoms with E-state index in [1.165, 1.54) is 0 Å². The van der Waals surface area contributed by atoms with Gasteiger partial charge in [0.15, 0.2) is 0 Å². The molecule has 0 unspecified atom stereocenters. The van der Waals surface area contributed by atoms with Crippen molar-refractivity contribution in [1.82, 2.24) is 0 Å². The van der Waals surface area contributed by atoms with Crippen molar-refractivity contribution >= 4 is 41.3 Å². The number of benzene rings is 3. The lowest BCUT2D eigenvalue weighted by atomic mass is 10.0. The molecule has 3 aromatic carbocycles. The van der Waals surface area contributed by atoms with Crippen LogP contribution < -0.4 is 0 Å². The van der Waals surface area contributed by atoms with Crippen molar-refractivity contribution in [2.75, 3.05) is 0 Å². The zero-order valence-electron chi connectivity index (χ0n) is 10.2. The standard InChI is InChI=1S/C15H11ClO2S/c1-10-6-13-7-11-4-2-3-5-12(11)8-14(13)9-15(10)19(16,17)18/h2-9H,1H3. The average molecular weight is 291 g/mol. The van der Waals surface area contributed by atoms with Gasteiger partial charge in [-0.25, -0.2) is 8.42 Å². The van der Waals surface area contributed by atoms with E-state index in [2.05, 4.69) is 6.07 Å².